The molecule has 0 saturated heterocycles. The second kappa shape index (κ2) is 11.4. The number of nitrogens with two attached hydrogens (primary N) is 1. The first kappa shape index (κ1) is 26.2. The van der Waals surface area contributed by atoms with Crippen molar-refractivity contribution in [2.75, 3.05) is 11.1 Å². The van der Waals surface area contributed by atoms with E-state index in [1.54, 1.807) is 32.4 Å². The zero-order chi connectivity index (χ0) is 25.7. The summed E-state index contributed by atoms with van der Waals surface area (Å²) in [6.45, 7) is 6.89. The fraction of sp³-hybridized carbons (Fsp3) is 0.348. The Hall–Kier alpha value is -3.38. The number of hydrogen-bond donors (Lipinski definition) is 2. The van der Waals surface area contributed by atoms with E-state index < -0.39 is 11.9 Å². The van der Waals surface area contributed by atoms with Crippen LogP contribution in [-0.2, 0) is 16.6 Å². The molecular formula is C23H27N5O5S2. The van der Waals surface area contributed by atoms with E-state index in [1.165, 1.54) is 11.8 Å². The van der Waals surface area contributed by atoms with E-state index >= 15 is 0 Å². The molecule has 0 saturated carbocycles. The lowest BCUT2D eigenvalue weighted by Crippen LogP contribution is -2.18. The fourth-order valence-corrected chi connectivity index (χ4v) is 4.99. The highest BCUT2D eigenvalue weighted by molar-refractivity contribution is 7.99. The largest absolute Gasteiger partial charge is 0.483 e. The Morgan fingerprint density at radius 2 is 1.86 bits per heavy atom. The summed E-state index contributed by atoms with van der Waals surface area (Å²) in [5, 5.41) is 11.8. The minimum Gasteiger partial charge on any atom is -0.483 e. The van der Waals surface area contributed by atoms with Crippen LogP contribution in [0, 0.1) is 6.92 Å². The molecule has 2 aromatic heterocycles. The minimum absolute atomic E-state index is 0.00141. The normalized spacial score (nSPS) is 11.8. The van der Waals surface area contributed by atoms with Crippen LogP contribution in [0.5, 0.6) is 5.75 Å². The number of anilines is 1. The number of benzene rings is 1. The van der Waals surface area contributed by atoms with Crippen LogP contribution >= 0.6 is 23.1 Å². The molecule has 1 unspecified atom stereocenters. The molecule has 0 aliphatic carbocycles. The first-order chi connectivity index (χ1) is 16.6. The van der Waals surface area contributed by atoms with E-state index in [1.807, 2.05) is 37.3 Å². The molecule has 0 bridgehead atoms. The van der Waals surface area contributed by atoms with Crippen LogP contribution in [0.2, 0.25) is 0 Å². The van der Waals surface area contributed by atoms with Gasteiger partial charge in [0, 0.05) is 7.05 Å². The molecule has 186 valence electrons. The lowest BCUT2D eigenvalue weighted by atomic mass is 10.1. The number of carbonyl (C=O) groups is 3. The van der Waals surface area contributed by atoms with Gasteiger partial charge < -0.3 is 25.1 Å². The van der Waals surface area contributed by atoms with Crippen LogP contribution in [0.4, 0.5) is 5.00 Å². The van der Waals surface area contributed by atoms with E-state index in [0.29, 0.717) is 22.3 Å². The summed E-state index contributed by atoms with van der Waals surface area (Å²) >= 11 is 2.13. The number of nitrogens with zero attached hydrogens (tertiary/aromatic N) is 3. The monoisotopic (exact) mass is 517 g/mol. The maximum absolute atomic E-state index is 12.7. The first-order valence-electron chi connectivity index (χ1n) is 10.8. The van der Waals surface area contributed by atoms with Gasteiger partial charge in [-0.3, -0.25) is 9.59 Å². The van der Waals surface area contributed by atoms with E-state index in [2.05, 4.69) is 15.5 Å². The number of thiophene rings is 1. The summed E-state index contributed by atoms with van der Waals surface area (Å²) in [6, 6.07) is 9.38. The lowest BCUT2D eigenvalue weighted by molar-refractivity contribution is -0.113. The fourth-order valence-electron chi connectivity index (χ4n) is 3.21. The number of nitrogens with one attached hydrogen (secondary N) is 1. The molecule has 0 spiro atoms. The van der Waals surface area contributed by atoms with Gasteiger partial charge in [0.05, 0.1) is 22.3 Å². The SMILES string of the molecule is Cc1c(C(N)=O)sc(NC(=O)CSc2nnc(C(C)Oc3ccccc3)n2C)c1C(=O)OC(C)C. The summed E-state index contributed by atoms with van der Waals surface area (Å²) < 4.78 is 12.9. The van der Waals surface area contributed by atoms with Crippen molar-refractivity contribution in [2.45, 2.75) is 45.1 Å². The second-order valence-corrected chi connectivity index (χ2v) is 9.85. The Labute approximate surface area is 211 Å². The highest BCUT2D eigenvalue weighted by Crippen LogP contribution is 2.34. The van der Waals surface area contributed by atoms with Crippen molar-refractivity contribution < 1.29 is 23.9 Å². The number of ether oxygens (including phenoxy) is 2. The maximum atomic E-state index is 12.7. The second-order valence-electron chi connectivity index (χ2n) is 7.89. The Morgan fingerprint density at radius 3 is 2.49 bits per heavy atom. The first-order valence-corrected chi connectivity index (χ1v) is 12.6. The quantitative estimate of drug-likeness (QED) is 0.306. The van der Waals surface area contributed by atoms with Crippen molar-refractivity contribution in [2.24, 2.45) is 12.8 Å². The van der Waals surface area contributed by atoms with E-state index in [4.69, 9.17) is 15.2 Å². The van der Waals surface area contributed by atoms with Gasteiger partial charge in [-0.1, -0.05) is 30.0 Å². The highest BCUT2D eigenvalue weighted by atomic mass is 32.2. The molecule has 3 rings (SSSR count). The molecule has 2 heterocycles. The summed E-state index contributed by atoms with van der Waals surface area (Å²) in [5.41, 5.74) is 5.93. The standard InChI is InChI=1S/C23H27N5O5S2/c1-12(2)32-22(31)17-13(3)18(19(24)30)35-21(17)25-16(29)11-34-23-27-26-20(28(23)5)14(4)33-15-9-7-6-8-10-15/h6-10,12,14H,11H2,1-5H3,(H2,24,30)(H,25,29). The molecule has 35 heavy (non-hydrogen) atoms. The van der Waals surface area contributed by atoms with Crippen molar-refractivity contribution >= 4 is 45.9 Å². The average Bonchev–Trinajstić information content (AvgIpc) is 3.32. The summed E-state index contributed by atoms with van der Waals surface area (Å²) in [6.07, 6.45) is -0.717. The van der Waals surface area contributed by atoms with Crippen LogP contribution in [0.15, 0.2) is 35.5 Å². The molecule has 0 radical (unpaired) electrons. The molecule has 0 aliphatic rings. The van der Waals surface area contributed by atoms with Crippen LogP contribution in [0.25, 0.3) is 0 Å². The molecule has 0 aliphatic heterocycles. The molecule has 10 nitrogen and oxygen atoms in total. The van der Waals surface area contributed by atoms with Crippen LogP contribution in [0.1, 0.15) is 58.3 Å². The van der Waals surface area contributed by atoms with Gasteiger partial charge in [0.2, 0.25) is 5.91 Å². The van der Waals surface area contributed by atoms with Gasteiger partial charge in [0.25, 0.3) is 5.91 Å². The molecular weight excluding hydrogens is 490 g/mol. The number of para-hydroxylation sites is 1. The van der Waals surface area contributed by atoms with Gasteiger partial charge in [0.1, 0.15) is 10.8 Å². The maximum Gasteiger partial charge on any atom is 0.341 e. The number of primary amides is 1. The average molecular weight is 518 g/mol. The predicted molar refractivity (Wildman–Crippen MR) is 134 cm³/mol. The van der Waals surface area contributed by atoms with Crippen LogP contribution < -0.4 is 15.8 Å². The summed E-state index contributed by atoms with van der Waals surface area (Å²) in [7, 11) is 1.79. The van der Waals surface area contributed by atoms with Gasteiger partial charge in [0.15, 0.2) is 17.1 Å². The van der Waals surface area contributed by atoms with Gasteiger partial charge in [-0.25, -0.2) is 4.79 Å². The van der Waals surface area contributed by atoms with E-state index in [-0.39, 0.29) is 39.3 Å². The Morgan fingerprint density at radius 1 is 1.17 bits per heavy atom. The number of esters is 1. The van der Waals surface area contributed by atoms with Gasteiger partial charge in [-0.15, -0.1) is 21.5 Å². The molecule has 2 amide bonds. The Balaban J connectivity index is 1.68. The topological polar surface area (TPSA) is 138 Å². The zero-order valence-corrected chi connectivity index (χ0v) is 21.7. The third kappa shape index (κ3) is 6.40. The van der Waals surface area contributed by atoms with Gasteiger partial charge >= 0.3 is 5.97 Å². The summed E-state index contributed by atoms with van der Waals surface area (Å²) in [4.78, 5) is 37.2. The van der Waals surface area contributed by atoms with E-state index in [0.717, 1.165) is 11.3 Å². The van der Waals surface area contributed by atoms with Crippen molar-refractivity contribution in [3.05, 3.63) is 52.2 Å². The smallest absolute Gasteiger partial charge is 0.341 e. The van der Waals surface area contributed by atoms with Crippen LogP contribution in [0.3, 0.4) is 0 Å². The van der Waals surface area contributed by atoms with Crippen molar-refractivity contribution in [1.29, 1.82) is 0 Å². The third-order valence-electron chi connectivity index (χ3n) is 4.79. The Kier molecular flexibility index (Phi) is 8.52. The predicted octanol–water partition coefficient (Wildman–Crippen LogP) is 3.72. The van der Waals surface area contributed by atoms with Crippen molar-refractivity contribution in [3.63, 3.8) is 0 Å². The number of rotatable bonds is 10. The highest BCUT2D eigenvalue weighted by Gasteiger charge is 2.26. The molecule has 0 fully saturated rings. The Bertz CT molecular complexity index is 1220. The van der Waals surface area contributed by atoms with Gasteiger partial charge in [-0.05, 0) is 45.4 Å². The minimum atomic E-state index is -0.681. The van der Waals surface area contributed by atoms with E-state index in [9.17, 15) is 14.4 Å². The van der Waals surface area contributed by atoms with Crippen molar-refractivity contribution in [3.8, 4) is 5.75 Å². The molecule has 3 N–H and O–H groups in total. The number of hydrogen-bond acceptors (Lipinski definition) is 9. The third-order valence-corrected chi connectivity index (χ3v) is 7.03. The number of amides is 2. The van der Waals surface area contributed by atoms with Crippen molar-refractivity contribution in [1.82, 2.24) is 14.8 Å². The summed E-state index contributed by atoms with van der Waals surface area (Å²) in [5.74, 6) is -0.375. The molecule has 3 aromatic rings. The molecule has 12 heteroatoms. The molecule has 1 atom stereocenters. The number of carbonyl (C=O) groups excluding carboxylic acids is 3. The lowest BCUT2D eigenvalue weighted by Gasteiger charge is -2.14. The van der Waals surface area contributed by atoms with Gasteiger partial charge in [-0.2, -0.15) is 0 Å². The number of aromatic nitrogens is 3. The van der Waals surface area contributed by atoms with Crippen LogP contribution in [-0.4, -0.2) is 44.4 Å². The molecule has 1 aromatic carbocycles. The number of thioether (sulfide) groups is 1. The zero-order valence-electron chi connectivity index (χ0n) is 20.0.